The molecule has 0 unspecified atom stereocenters. The van der Waals surface area contributed by atoms with Crippen LogP contribution in [0.25, 0.3) is 0 Å². The number of nitrogens with two attached hydrogens (primary N) is 1. The predicted octanol–water partition coefficient (Wildman–Crippen LogP) is 1.69. The Labute approximate surface area is 79.5 Å². The van der Waals surface area contributed by atoms with Gasteiger partial charge in [0.2, 0.25) is 5.91 Å². The number of nitrogens with one attached hydrogen (secondary N) is 1. The van der Waals surface area contributed by atoms with Crippen LogP contribution in [0, 0.1) is 0 Å². The molecule has 1 heterocycles. The SMILES string of the molecule is NC(=O)CCNc1ccsc1Cl. The van der Waals surface area contributed by atoms with Gasteiger partial charge >= 0.3 is 0 Å². The van der Waals surface area contributed by atoms with Gasteiger partial charge in [-0.2, -0.15) is 0 Å². The summed E-state index contributed by atoms with van der Waals surface area (Å²) in [6.45, 7) is 0.534. The van der Waals surface area contributed by atoms with Crippen LogP contribution in [0.15, 0.2) is 11.4 Å². The first-order chi connectivity index (χ1) is 5.70. The van der Waals surface area contributed by atoms with Crippen LogP contribution >= 0.6 is 22.9 Å². The first-order valence-electron chi connectivity index (χ1n) is 3.45. The molecule has 0 atom stereocenters. The van der Waals surface area contributed by atoms with Crippen molar-refractivity contribution in [2.75, 3.05) is 11.9 Å². The molecule has 0 aliphatic rings. The van der Waals surface area contributed by atoms with Crippen molar-refractivity contribution in [3.63, 3.8) is 0 Å². The summed E-state index contributed by atoms with van der Waals surface area (Å²) in [4.78, 5) is 10.4. The van der Waals surface area contributed by atoms with Gasteiger partial charge in [0.05, 0.1) is 5.69 Å². The van der Waals surface area contributed by atoms with Gasteiger partial charge in [0.1, 0.15) is 4.34 Å². The van der Waals surface area contributed by atoms with Gasteiger partial charge in [-0.25, -0.2) is 0 Å². The zero-order valence-corrected chi connectivity index (χ0v) is 7.91. The summed E-state index contributed by atoms with van der Waals surface area (Å²) in [5.41, 5.74) is 5.82. The molecule has 0 aromatic carbocycles. The molecule has 0 aliphatic heterocycles. The first-order valence-corrected chi connectivity index (χ1v) is 4.71. The van der Waals surface area contributed by atoms with Gasteiger partial charge in [0.15, 0.2) is 0 Å². The summed E-state index contributed by atoms with van der Waals surface area (Å²) in [6, 6.07) is 1.87. The molecule has 0 saturated heterocycles. The highest BCUT2D eigenvalue weighted by Crippen LogP contribution is 2.27. The van der Waals surface area contributed by atoms with E-state index in [2.05, 4.69) is 5.32 Å². The van der Waals surface area contributed by atoms with Gasteiger partial charge in [-0.1, -0.05) is 11.6 Å². The number of hydrogen-bond donors (Lipinski definition) is 2. The Hall–Kier alpha value is -0.740. The Morgan fingerprint density at radius 1 is 1.75 bits per heavy atom. The van der Waals surface area contributed by atoms with Crippen molar-refractivity contribution >= 4 is 34.5 Å². The van der Waals surface area contributed by atoms with Crippen LogP contribution in [0.1, 0.15) is 6.42 Å². The molecule has 1 aromatic rings. The fourth-order valence-corrected chi connectivity index (χ4v) is 1.61. The van der Waals surface area contributed by atoms with E-state index in [9.17, 15) is 4.79 Å². The highest BCUT2D eigenvalue weighted by molar-refractivity contribution is 7.15. The van der Waals surface area contributed by atoms with Crippen LogP contribution in [0.4, 0.5) is 5.69 Å². The smallest absolute Gasteiger partial charge is 0.219 e. The third-order valence-electron chi connectivity index (χ3n) is 1.30. The lowest BCUT2D eigenvalue weighted by molar-refractivity contribution is -0.117. The van der Waals surface area contributed by atoms with Gasteiger partial charge in [-0.3, -0.25) is 4.79 Å². The Balaban J connectivity index is 2.33. The minimum atomic E-state index is -0.311. The highest BCUT2D eigenvalue weighted by Gasteiger charge is 2.00. The minimum absolute atomic E-state index is 0.311. The Bertz CT molecular complexity index is 274. The summed E-state index contributed by atoms with van der Waals surface area (Å²) in [5.74, 6) is -0.311. The van der Waals surface area contributed by atoms with E-state index in [-0.39, 0.29) is 5.91 Å². The molecule has 0 aliphatic carbocycles. The molecule has 0 saturated carbocycles. The zero-order valence-electron chi connectivity index (χ0n) is 6.34. The number of primary amides is 1. The lowest BCUT2D eigenvalue weighted by Gasteiger charge is -2.01. The van der Waals surface area contributed by atoms with Gasteiger partial charge < -0.3 is 11.1 Å². The lowest BCUT2D eigenvalue weighted by atomic mass is 10.4. The number of carbonyl (C=O) groups is 1. The second-order valence-corrected chi connectivity index (χ2v) is 3.77. The number of anilines is 1. The second-order valence-electron chi connectivity index (χ2n) is 2.25. The fourth-order valence-electron chi connectivity index (χ4n) is 0.740. The highest BCUT2D eigenvalue weighted by atomic mass is 35.5. The van der Waals surface area contributed by atoms with Gasteiger partial charge in [-0.05, 0) is 11.4 Å². The summed E-state index contributed by atoms with van der Waals surface area (Å²) in [6.07, 6.45) is 0.326. The van der Waals surface area contributed by atoms with Crippen LogP contribution in [0.3, 0.4) is 0 Å². The van der Waals surface area contributed by atoms with Crippen LogP contribution in [-0.2, 0) is 4.79 Å². The normalized spacial score (nSPS) is 9.75. The van der Waals surface area contributed by atoms with Crippen molar-refractivity contribution in [2.24, 2.45) is 5.73 Å². The number of halogens is 1. The Kier molecular flexibility index (Phi) is 3.37. The first kappa shape index (κ1) is 9.35. The van der Waals surface area contributed by atoms with E-state index in [0.717, 1.165) is 5.69 Å². The maximum Gasteiger partial charge on any atom is 0.219 e. The average molecular weight is 205 g/mol. The van der Waals surface area contributed by atoms with Gasteiger partial charge in [0.25, 0.3) is 0 Å². The van der Waals surface area contributed by atoms with E-state index >= 15 is 0 Å². The molecule has 3 nitrogen and oxygen atoms in total. The van der Waals surface area contributed by atoms with Crippen LogP contribution in [-0.4, -0.2) is 12.5 Å². The molecule has 66 valence electrons. The van der Waals surface area contributed by atoms with E-state index in [0.29, 0.717) is 17.3 Å². The Morgan fingerprint density at radius 2 is 2.50 bits per heavy atom. The van der Waals surface area contributed by atoms with Gasteiger partial charge in [0, 0.05) is 13.0 Å². The van der Waals surface area contributed by atoms with Crippen LogP contribution in [0.5, 0.6) is 0 Å². The third-order valence-corrected chi connectivity index (χ3v) is 2.47. The van der Waals surface area contributed by atoms with E-state index in [1.807, 2.05) is 11.4 Å². The zero-order chi connectivity index (χ0) is 8.97. The summed E-state index contributed by atoms with van der Waals surface area (Å²) < 4.78 is 0.708. The maximum absolute atomic E-state index is 10.4. The quantitative estimate of drug-likeness (QED) is 0.784. The summed E-state index contributed by atoms with van der Waals surface area (Å²) >= 11 is 7.24. The monoisotopic (exact) mass is 204 g/mol. The molecule has 1 rings (SSSR count). The van der Waals surface area contributed by atoms with Crippen molar-refractivity contribution in [1.82, 2.24) is 0 Å². The summed E-state index contributed by atoms with van der Waals surface area (Å²) in [5, 5.41) is 4.89. The van der Waals surface area contributed by atoms with E-state index in [1.165, 1.54) is 11.3 Å². The molecule has 5 heteroatoms. The molecular weight excluding hydrogens is 196 g/mol. The predicted molar refractivity (Wildman–Crippen MR) is 51.6 cm³/mol. The molecular formula is C7H9ClN2OS. The topological polar surface area (TPSA) is 55.1 Å². The van der Waals surface area contributed by atoms with Crippen molar-refractivity contribution in [3.8, 4) is 0 Å². The van der Waals surface area contributed by atoms with Crippen molar-refractivity contribution in [1.29, 1.82) is 0 Å². The molecule has 1 aromatic heterocycles. The molecule has 1 amide bonds. The average Bonchev–Trinajstić information content (AvgIpc) is 2.36. The largest absolute Gasteiger partial charge is 0.383 e. The van der Waals surface area contributed by atoms with Crippen LogP contribution < -0.4 is 11.1 Å². The lowest BCUT2D eigenvalue weighted by Crippen LogP contribution is -2.15. The molecule has 0 radical (unpaired) electrons. The Morgan fingerprint density at radius 3 is 3.00 bits per heavy atom. The number of carbonyl (C=O) groups excluding carboxylic acids is 1. The summed E-state index contributed by atoms with van der Waals surface area (Å²) in [7, 11) is 0. The van der Waals surface area contributed by atoms with Gasteiger partial charge in [-0.15, -0.1) is 11.3 Å². The molecule has 0 spiro atoms. The standard InChI is InChI=1S/C7H9ClN2OS/c8-7-5(2-4-12-7)10-3-1-6(9)11/h2,4,10H,1,3H2,(H2,9,11). The third kappa shape index (κ3) is 2.71. The van der Waals surface area contributed by atoms with E-state index in [4.69, 9.17) is 17.3 Å². The van der Waals surface area contributed by atoms with Crippen LogP contribution in [0.2, 0.25) is 4.34 Å². The second kappa shape index (κ2) is 4.33. The van der Waals surface area contributed by atoms with E-state index in [1.54, 1.807) is 0 Å². The minimum Gasteiger partial charge on any atom is -0.383 e. The number of hydrogen-bond acceptors (Lipinski definition) is 3. The molecule has 0 fully saturated rings. The van der Waals surface area contributed by atoms with E-state index < -0.39 is 0 Å². The molecule has 0 bridgehead atoms. The number of amides is 1. The van der Waals surface area contributed by atoms with Crippen molar-refractivity contribution in [3.05, 3.63) is 15.8 Å². The molecule has 12 heavy (non-hydrogen) atoms. The molecule has 3 N–H and O–H groups in total. The van der Waals surface area contributed by atoms with Crippen molar-refractivity contribution in [2.45, 2.75) is 6.42 Å². The number of rotatable bonds is 4. The number of thiophene rings is 1. The fraction of sp³-hybridized carbons (Fsp3) is 0.286. The maximum atomic E-state index is 10.4. The van der Waals surface area contributed by atoms with Crippen molar-refractivity contribution < 1.29 is 4.79 Å².